The van der Waals surface area contributed by atoms with Crippen LogP contribution in [0.15, 0.2) is 23.8 Å². The summed E-state index contributed by atoms with van der Waals surface area (Å²) in [4.78, 5) is 27.4. The van der Waals surface area contributed by atoms with E-state index in [2.05, 4.69) is 5.10 Å². The van der Waals surface area contributed by atoms with Gasteiger partial charge in [0.15, 0.2) is 0 Å². The van der Waals surface area contributed by atoms with Gasteiger partial charge in [0.2, 0.25) is 0 Å². The third-order valence-corrected chi connectivity index (χ3v) is 5.55. The molecule has 1 N–H and O–H groups in total. The maximum absolute atomic E-state index is 13.1. The van der Waals surface area contributed by atoms with Crippen molar-refractivity contribution in [3.8, 4) is 11.5 Å². The highest BCUT2D eigenvalue weighted by Gasteiger charge is 2.47. The van der Waals surface area contributed by atoms with Gasteiger partial charge in [-0.15, -0.1) is 0 Å². The van der Waals surface area contributed by atoms with Gasteiger partial charge in [0.1, 0.15) is 17.3 Å². The van der Waals surface area contributed by atoms with Gasteiger partial charge in [0, 0.05) is 32.0 Å². The molecule has 1 fully saturated rings. The van der Waals surface area contributed by atoms with Crippen molar-refractivity contribution in [1.29, 1.82) is 0 Å². The number of Topliss-reactive ketones (excluding diaryl/α,β-unsaturated/α-hetero) is 1. The van der Waals surface area contributed by atoms with Gasteiger partial charge in [0.25, 0.3) is 11.7 Å². The average molecular weight is 429 g/mol. The number of rotatable bonds is 7. The first kappa shape index (κ1) is 22.4. The van der Waals surface area contributed by atoms with E-state index >= 15 is 0 Å². The summed E-state index contributed by atoms with van der Waals surface area (Å²) in [6.45, 7) is 3.91. The highest BCUT2D eigenvalue weighted by molar-refractivity contribution is 6.46. The van der Waals surface area contributed by atoms with Crippen molar-refractivity contribution in [3.05, 3.63) is 46.3 Å². The zero-order valence-corrected chi connectivity index (χ0v) is 18.6. The topological polar surface area (TPSA) is 103 Å². The first-order valence-electron chi connectivity index (χ1n) is 9.76. The molecule has 0 spiro atoms. The fourth-order valence-corrected chi connectivity index (χ4v) is 3.93. The Kier molecular flexibility index (Phi) is 6.35. The predicted octanol–water partition coefficient (Wildman–Crippen LogP) is 2.12. The molecule has 1 amide bonds. The molecule has 1 aromatic carbocycles. The number of methoxy groups -OCH3 is 3. The third kappa shape index (κ3) is 3.76. The Labute approximate surface area is 180 Å². The lowest BCUT2D eigenvalue weighted by atomic mass is 9.94. The van der Waals surface area contributed by atoms with Gasteiger partial charge in [-0.2, -0.15) is 5.10 Å². The Hall–Kier alpha value is -3.33. The van der Waals surface area contributed by atoms with Crippen LogP contribution in [-0.4, -0.2) is 66.0 Å². The second kappa shape index (κ2) is 8.81. The number of benzene rings is 1. The molecule has 166 valence electrons. The number of aliphatic hydroxyl groups is 1. The van der Waals surface area contributed by atoms with Gasteiger partial charge in [-0.05, 0) is 32.0 Å². The molecule has 1 aliphatic rings. The molecular formula is C22H27N3O6. The van der Waals surface area contributed by atoms with Crippen molar-refractivity contribution in [3.63, 3.8) is 0 Å². The Bertz CT molecular complexity index is 1060. The van der Waals surface area contributed by atoms with E-state index in [1.165, 1.54) is 26.2 Å². The van der Waals surface area contributed by atoms with Crippen LogP contribution in [0, 0.1) is 13.8 Å². The molecule has 31 heavy (non-hydrogen) atoms. The van der Waals surface area contributed by atoms with Crippen LogP contribution in [0.4, 0.5) is 0 Å². The van der Waals surface area contributed by atoms with Crippen LogP contribution in [0.3, 0.4) is 0 Å². The number of nitrogens with zero attached hydrogens (tertiary/aromatic N) is 3. The Morgan fingerprint density at radius 1 is 1.16 bits per heavy atom. The highest BCUT2D eigenvalue weighted by Crippen LogP contribution is 2.44. The lowest BCUT2D eigenvalue weighted by molar-refractivity contribution is -0.140. The standard InChI is InChI=1S/C22H27N3O6/c1-12-17(13(2)24(3)23-12)20(26)18-19(25(9-10-29-4)22(28)21(18)27)15-11-14(30-5)7-8-16(15)31-6/h7-8,11,19,26H,9-10H2,1-6H3/b20-18+. The van der Waals surface area contributed by atoms with Crippen molar-refractivity contribution < 1.29 is 28.9 Å². The van der Waals surface area contributed by atoms with Crippen molar-refractivity contribution in [2.45, 2.75) is 19.9 Å². The third-order valence-electron chi connectivity index (χ3n) is 5.55. The molecular weight excluding hydrogens is 402 g/mol. The number of hydrogen-bond acceptors (Lipinski definition) is 7. The lowest BCUT2D eigenvalue weighted by Crippen LogP contribution is -2.32. The van der Waals surface area contributed by atoms with Gasteiger partial charge >= 0.3 is 0 Å². The second-order valence-electron chi connectivity index (χ2n) is 7.26. The molecule has 0 saturated carbocycles. The SMILES string of the molecule is COCCN1C(=O)C(=O)/C(=C(/O)c2c(C)nn(C)c2C)C1c1cc(OC)ccc1OC. The molecule has 1 unspecified atom stereocenters. The molecule has 2 aromatic rings. The minimum absolute atomic E-state index is 0.0214. The van der Waals surface area contributed by atoms with Crippen molar-refractivity contribution in [1.82, 2.24) is 14.7 Å². The van der Waals surface area contributed by atoms with Crippen LogP contribution >= 0.6 is 0 Å². The summed E-state index contributed by atoms with van der Waals surface area (Å²) in [6.07, 6.45) is 0. The number of hydrogen-bond donors (Lipinski definition) is 1. The number of aliphatic hydroxyl groups excluding tert-OH is 1. The van der Waals surface area contributed by atoms with E-state index in [9.17, 15) is 14.7 Å². The zero-order chi connectivity index (χ0) is 22.9. The smallest absolute Gasteiger partial charge is 0.295 e. The first-order valence-corrected chi connectivity index (χ1v) is 9.76. The van der Waals surface area contributed by atoms with Crippen LogP contribution in [0.5, 0.6) is 11.5 Å². The van der Waals surface area contributed by atoms with E-state index < -0.39 is 17.7 Å². The average Bonchev–Trinajstić information content (AvgIpc) is 3.16. The minimum atomic E-state index is -0.876. The highest BCUT2D eigenvalue weighted by atomic mass is 16.5. The summed E-state index contributed by atoms with van der Waals surface area (Å²) in [6, 6.07) is 4.24. The largest absolute Gasteiger partial charge is 0.507 e. The van der Waals surface area contributed by atoms with Gasteiger partial charge in [-0.3, -0.25) is 14.3 Å². The number of carbonyl (C=O) groups is 2. The predicted molar refractivity (Wildman–Crippen MR) is 113 cm³/mol. The van der Waals surface area contributed by atoms with Crippen LogP contribution in [0.25, 0.3) is 5.76 Å². The number of amides is 1. The van der Waals surface area contributed by atoms with Crippen LogP contribution in [0.2, 0.25) is 0 Å². The number of ketones is 1. The van der Waals surface area contributed by atoms with E-state index in [0.29, 0.717) is 34.0 Å². The fourth-order valence-electron chi connectivity index (χ4n) is 3.93. The van der Waals surface area contributed by atoms with E-state index in [-0.39, 0.29) is 24.5 Å². The summed E-state index contributed by atoms with van der Waals surface area (Å²) in [5.41, 5.74) is 2.16. The van der Waals surface area contributed by atoms with Crippen LogP contribution in [-0.2, 0) is 21.4 Å². The van der Waals surface area contributed by atoms with E-state index in [0.717, 1.165) is 0 Å². The molecule has 1 aromatic heterocycles. The van der Waals surface area contributed by atoms with E-state index in [1.807, 2.05) is 0 Å². The maximum Gasteiger partial charge on any atom is 0.295 e. The molecule has 9 nitrogen and oxygen atoms in total. The Morgan fingerprint density at radius 3 is 2.42 bits per heavy atom. The van der Waals surface area contributed by atoms with Crippen molar-refractivity contribution in [2.75, 3.05) is 34.5 Å². The molecule has 3 rings (SSSR count). The summed E-state index contributed by atoms with van der Waals surface area (Å²) >= 11 is 0. The van der Waals surface area contributed by atoms with E-state index in [1.54, 1.807) is 43.8 Å². The van der Waals surface area contributed by atoms with Gasteiger partial charge in [0.05, 0.1) is 43.7 Å². The maximum atomic E-state index is 13.1. The van der Waals surface area contributed by atoms with Gasteiger partial charge < -0.3 is 24.2 Å². The lowest BCUT2D eigenvalue weighted by Gasteiger charge is -2.26. The molecule has 1 saturated heterocycles. The number of likely N-dealkylation sites (tertiary alicyclic amines) is 1. The first-order chi connectivity index (χ1) is 14.8. The van der Waals surface area contributed by atoms with Crippen molar-refractivity contribution >= 4 is 17.4 Å². The zero-order valence-electron chi connectivity index (χ0n) is 18.6. The molecule has 9 heteroatoms. The summed E-state index contributed by atoms with van der Waals surface area (Å²) in [5, 5.41) is 15.6. The normalized spacial score (nSPS) is 18.0. The second-order valence-corrected chi connectivity index (χ2v) is 7.26. The quantitative estimate of drug-likeness (QED) is 0.408. The van der Waals surface area contributed by atoms with Gasteiger partial charge in [-0.25, -0.2) is 0 Å². The van der Waals surface area contributed by atoms with Gasteiger partial charge in [-0.1, -0.05) is 0 Å². The Morgan fingerprint density at radius 2 is 1.87 bits per heavy atom. The fraction of sp³-hybridized carbons (Fsp3) is 0.409. The van der Waals surface area contributed by atoms with E-state index in [4.69, 9.17) is 14.2 Å². The monoisotopic (exact) mass is 429 g/mol. The molecule has 1 aliphatic heterocycles. The summed E-state index contributed by atoms with van der Waals surface area (Å²) in [5.74, 6) is -0.766. The molecule has 0 radical (unpaired) electrons. The minimum Gasteiger partial charge on any atom is -0.507 e. The molecule has 0 aliphatic carbocycles. The number of carbonyl (C=O) groups excluding carboxylic acids is 2. The number of ether oxygens (including phenoxy) is 3. The molecule has 0 bridgehead atoms. The number of aromatic nitrogens is 2. The van der Waals surface area contributed by atoms with Crippen LogP contribution < -0.4 is 9.47 Å². The summed E-state index contributed by atoms with van der Waals surface area (Å²) < 4.78 is 17.6. The van der Waals surface area contributed by atoms with Crippen LogP contribution in [0.1, 0.15) is 28.6 Å². The number of aryl methyl sites for hydroxylation is 2. The summed E-state index contributed by atoms with van der Waals surface area (Å²) in [7, 11) is 6.29. The molecule has 1 atom stereocenters. The Balaban J connectivity index is 2.31. The molecule has 2 heterocycles. The van der Waals surface area contributed by atoms with Crippen molar-refractivity contribution in [2.24, 2.45) is 7.05 Å².